The van der Waals surface area contributed by atoms with Crippen molar-refractivity contribution >= 4 is 12.4 Å². The third-order valence-corrected chi connectivity index (χ3v) is 3.22. The highest BCUT2D eigenvalue weighted by atomic mass is 35.5. The average Bonchev–Trinajstić information content (AvgIpc) is 2.65. The molecule has 2 rings (SSSR count). The Balaban J connectivity index is 0.00000112. The van der Waals surface area contributed by atoms with E-state index in [1.54, 1.807) is 0 Å². The van der Waals surface area contributed by atoms with E-state index < -0.39 is 0 Å². The minimum absolute atomic E-state index is 0. The van der Waals surface area contributed by atoms with Gasteiger partial charge in [0.25, 0.3) is 0 Å². The van der Waals surface area contributed by atoms with Crippen LogP contribution in [0.5, 0.6) is 0 Å². The molecule has 2 heterocycles. The number of hydrogen-bond donors (Lipinski definition) is 2. The van der Waals surface area contributed by atoms with Crippen molar-refractivity contribution in [2.24, 2.45) is 18.7 Å². The molecule has 1 atom stereocenters. The molecule has 1 fully saturated rings. The van der Waals surface area contributed by atoms with Crippen LogP contribution in [0.15, 0.2) is 18.3 Å². The van der Waals surface area contributed by atoms with Crippen LogP contribution in [0, 0.1) is 5.92 Å². The smallest absolute Gasteiger partial charge is 0.0479 e. The van der Waals surface area contributed by atoms with Crippen LogP contribution in [-0.4, -0.2) is 17.7 Å². The summed E-state index contributed by atoms with van der Waals surface area (Å²) in [5, 5.41) is 3.37. The molecule has 0 spiro atoms. The van der Waals surface area contributed by atoms with Crippen LogP contribution in [0.1, 0.15) is 24.6 Å². The second-order valence-electron chi connectivity index (χ2n) is 4.16. The maximum atomic E-state index is 6.27. The molecule has 4 heteroatoms. The summed E-state index contributed by atoms with van der Waals surface area (Å²) in [4.78, 5) is 0. The number of halogens is 1. The van der Waals surface area contributed by atoms with Gasteiger partial charge >= 0.3 is 0 Å². The Hall–Kier alpha value is -0.510. The predicted octanol–water partition coefficient (Wildman–Crippen LogP) is 1.45. The van der Waals surface area contributed by atoms with Gasteiger partial charge in [-0.1, -0.05) is 0 Å². The fraction of sp³-hybridized carbons (Fsp3) is 0.636. The summed E-state index contributed by atoms with van der Waals surface area (Å²) >= 11 is 0. The lowest BCUT2D eigenvalue weighted by atomic mass is 9.89. The van der Waals surface area contributed by atoms with Gasteiger partial charge in [-0.15, -0.1) is 12.4 Å². The second-order valence-corrected chi connectivity index (χ2v) is 4.16. The number of piperidine rings is 1. The van der Waals surface area contributed by atoms with Crippen molar-refractivity contribution in [1.82, 2.24) is 9.88 Å². The standard InChI is InChI=1S/C11H19N3.ClH/c1-14-8-2-3-10(14)11(12)9-4-6-13-7-5-9;/h2-3,8-9,11,13H,4-7,12H2,1H3;1H/t11-;/m1./s1. The van der Waals surface area contributed by atoms with E-state index in [1.165, 1.54) is 18.5 Å². The van der Waals surface area contributed by atoms with Crippen molar-refractivity contribution in [3.05, 3.63) is 24.0 Å². The lowest BCUT2D eigenvalue weighted by Gasteiger charge is -2.28. The number of nitrogens with two attached hydrogens (primary N) is 1. The van der Waals surface area contributed by atoms with Crippen LogP contribution in [-0.2, 0) is 7.05 Å². The van der Waals surface area contributed by atoms with Crippen LogP contribution in [0.2, 0.25) is 0 Å². The summed E-state index contributed by atoms with van der Waals surface area (Å²) in [7, 11) is 2.07. The van der Waals surface area contributed by atoms with Crippen LogP contribution in [0.4, 0.5) is 0 Å². The molecule has 1 aromatic rings. The molecular weight excluding hydrogens is 210 g/mol. The Morgan fingerprint density at radius 3 is 2.67 bits per heavy atom. The highest BCUT2D eigenvalue weighted by Crippen LogP contribution is 2.26. The summed E-state index contributed by atoms with van der Waals surface area (Å²) in [6, 6.07) is 4.40. The van der Waals surface area contributed by atoms with Crippen LogP contribution < -0.4 is 11.1 Å². The molecule has 0 aromatic carbocycles. The summed E-state index contributed by atoms with van der Waals surface area (Å²) in [5.74, 6) is 0.643. The number of aromatic nitrogens is 1. The van der Waals surface area contributed by atoms with Crippen molar-refractivity contribution in [3.8, 4) is 0 Å². The third kappa shape index (κ3) is 2.74. The largest absolute Gasteiger partial charge is 0.353 e. The van der Waals surface area contributed by atoms with Crippen molar-refractivity contribution in [3.63, 3.8) is 0 Å². The van der Waals surface area contributed by atoms with Crippen LogP contribution in [0.25, 0.3) is 0 Å². The van der Waals surface area contributed by atoms with Gasteiger partial charge in [0, 0.05) is 25.0 Å². The third-order valence-electron chi connectivity index (χ3n) is 3.22. The summed E-state index contributed by atoms with van der Waals surface area (Å²) in [5.41, 5.74) is 7.53. The van der Waals surface area contributed by atoms with E-state index in [9.17, 15) is 0 Å². The molecular formula is C11H20ClN3. The summed E-state index contributed by atoms with van der Waals surface area (Å²) in [6.07, 6.45) is 4.47. The Morgan fingerprint density at radius 2 is 2.13 bits per heavy atom. The fourth-order valence-corrected chi connectivity index (χ4v) is 2.27. The first kappa shape index (κ1) is 12.6. The van der Waals surface area contributed by atoms with Gasteiger partial charge in [0.1, 0.15) is 0 Å². The van der Waals surface area contributed by atoms with E-state index in [2.05, 4.69) is 35.3 Å². The maximum Gasteiger partial charge on any atom is 0.0479 e. The molecule has 0 unspecified atom stereocenters. The molecule has 1 aromatic heterocycles. The molecule has 0 amide bonds. The van der Waals surface area contributed by atoms with Crippen LogP contribution >= 0.6 is 12.4 Å². The Bertz CT molecular complexity index is 292. The zero-order chi connectivity index (χ0) is 9.97. The van der Waals surface area contributed by atoms with E-state index in [0.29, 0.717) is 5.92 Å². The molecule has 86 valence electrons. The minimum Gasteiger partial charge on any atom is -0.353 e. The maximum absolute atomic E-state index is 6.27. The van der Waals surface area contributed by atoms with E-state index in [4.69, 9.17) is 5.73 Å². The topological polar surface area (TPSA) is 43.0 Å². The highest BCUT2D eigenvalue weighted by Gasteiger charge is 2.22. The van der Waals surface area contributed by atoms with Gasteiger partial charge in [0.2, 0.25) is 0 Å². The normalized spacial score (nSPS) is 19.6. The Kier molecular flexibility index (Phi) is 4.64. The van der Waals surface area contributed by atoms with Crippen molar-refractivity contribution in [1.29, 1.82) is 0 Å². The van der Waals surface area contributed by atoms with E-state index in [0.717, 1.165) is 13.1 Å². The minimum atomic E-state index is 0. The number of hydrogen-bond acceptors (Lipinski definition) is 2. The van der Waals surface area contributed by atoms with Crippen molar-refractivity contribution in [2.45, 2.75) is 18.9 Å². The molecule has 1 aliphatic heterocycles. The summed E-state index contributed by atoms with van der Waals surface area (Å²) < 4.78 is 2.13. The number of rotatable bonds is 2. The highest BCUT2D eigenvalue weighted by molar-refractivity contribution is 5.85. The zero-order valence-corrected chi connectivity index (χ0v) is 9.96. The second kappa shape index (κ2) is 5.54. The molecule has 0 saturated carbocycles. The number of aryl methyl sites for hydroxylation is 1. The van der Waals surface area contributed by atoms with Gasteiger partial charge in [0.05, 0.1) is 0 Å². The average molecular weight is 230 g/mol. The van der Waals surface area contributed by atoms with Gasteiger partial charge in [-0.3, -0.25) is 0 Å². The lowest BCUT2D eigenvalue weighted by Crippen LogP contribution is -2.34. The predicted molar refractivity (Wildman–Crippen MR) is 65.2 cm³/mol. The molecule has 15 heavy (non-hydrogen) atoms. The number of nitrogens with zero attached hydrogens (tertiary/aromatic N) is 1. The van der Waals surface area contributed by atoms with E-state index in [-0.39, 0.29) is 18.4 Å². The Labute approximate surface area is 97.4 Å². The van der Waals surface area contributed by atoms with Crippen molar-refractivity contribution < 1.29 is 0 Å². The molecule has 1 saturated heterocycles. The molecule has 1 aliphatic rings. The molecule has 0 aliphatic carbocycles. The molecule has 3 nitrogen and oxygen atoms in total. The molecule has 0 bridgehead atoms. The number of nitrogens with one attached hydrogen (secondary N) is 1. The van der Waals surface area contributed by atoms with E-state index >= 15 is 0 Å². The molecule has 0 radical (unpaired) electrons. The first-order chi connectivity index (χ1) is 6.79. The first-order valence-electron chi connectivity index (χ1n) is 5.36. The fourth-order valence-electron chi connectivity index (χ4n) is 2.27. The monoisotopic (exact) mass is 229 g/mol. The van der Waals surface area contributed by atoms with Gasteiger partial charge in [-0.2, -0.15) is 0 Å². The van der Waals surface area contributed by atoms with Crippen molar-refractivity contribution in [2.75, 3.05) is 13.1 Å². The zero-order valence-electron chi connectivity index (χ0n) is 9.15. The van der Waals surface area contributed by atoms with Crippen LogP contribution in [0.3, 0.4) is 0 Å². The molecule has 3 N–H and O–H groups in total. The van der Waals surface area contributed by atoms with E-state index in [1.807, 2.05) is 0 Å². The first-order valence-corrected chi connectivity index (χ1v) is 5.36. The van der Waals surface area contributed by atoms with Gasteiger partial charge < -0.3 is 15.6 Å². The quantitative estimate of drug-likeness (QED) is 0.806. The SMILES string of the molecule is Cl.Cn1cccc1[C@H](N)C1CCNCC1. The summed E-state index contributed by atoms with van der Waals surface area (Å²) in [6.45, 7) is 2.23. The van der Waals surface area contributed by atoms with Gasteiger partial charge in [0.15, 0.2) is 0 Å². The lowest BCUT2D eigenvalue weighted by molar-refractivity contribution is 0.315. The Morgan fingerprint density at radius 1 is 1.47 bits per heavy atom. The van der Waals surface area contributed by atoms with Gasteiger partial charge in [-0.05, 0) is 44.0 Å². The van der Waals surface area contributed by atoms with Gasteiger partial charge in [-0.25, -0.2) is 0 Å².